The van der Waals surface area contributed by atoms with Gasteiger partial charge in [-0.15, -0.1) is 0 Å². The molecule has 0 amide bonds. The van der Waals surface area contributed by atoms with Gasteiger partial charge >= 0.3 is 0 Å². The van der Waals surface area contributed by atoms with Gasteiger partial charge in [0.05, 0.1) is 30.8 Å². The van der Waals surface area contributed by atoms with Crippen molar-refractivity contribution in [3.8, 4) is 28.8 Å². The first-order valence-electron chi connectivity index (χ1n) is 9.85. The number of hydrogen-bond acceptors (Lipinski definition) is 8. The van der Waals surface area contributed by atoms with Gasteiger partial charge in [-0.2, -0.15) is 10.4 Å². The highest BCUT2D eigenvalue weighted by Crippen LogP contribution is 2.38. The predicted molar refractivity (Wildman–Crippen MR) is 112 cm³/mol. The van der Waals surface area contributed by atoms with E-state index in [9.17, 15) is 0 Å². The van der Waals surface area contributed by atoms with Gasteiger partial charge in [0, 0.05) is 12.1 Å². The third-order valence-corrected chi connectivity index (χ3v) is 4.93. The summed E-state index contributed by atoms with van der Waals surface area (Å²) in [5, 5.41) is 22.7. The lowest BCUT2D eigenvalue weighted by atomic mass is 10.1. The Labute approximate surface area is 174 Å². The highest BCUT2D eigenvalue weighted by atomic mass is 16.5. The third-order valence-electron chi connectivity index (χ3n) is 4.93. The van der Waals surface area contributed by atoms with Crippen molar-refractivity contribution in [1.82, 2.24) is 25.5 Å². The predicted octanol–water partition coefficient (Wildman–Crippen LogP) is 3.01. The Hall–Kier alpha value is -3.64. The lowest BCUT2D eigenvalue weighted by Gasteiger charge is -2.24. The maximum Gasteiger partial charge on any atom is 0.158 e. The van der Waals surface area contributed by atoms with Crippen molar-refractivity contribution < 1.29 is 9.47 Å². The summed E-state index contributed by atoms with van der Waals surface area (Å²) in [6.07, 6.45) is 6.44. The molecule has 0 saturated carbocycles. The number of ether oxygens (including phenoxy) is 2. The molecular formula is C21H23N7O2. The van der Waals surface area contributed by atoms with E-state index in [2.05, 4.69) is 30.8 Å². The van der Waals surface area contributed by atoms with Gasteiger partial charge in [0.25, 0.3) is 0 Å². The van der Waals surface area contributed by atoms with Gasteiger partial charge in [0.2, 0.25) is 0 Å². The maximum absolute atomic E-state index is 8.83. The second kappa shape index (κ2) is 9.24. The Morgan fingerprint density at radius 2 is 2.10 bits per heavy atom. The quantitative estimate of drug-likeness (QED) is 0.548. The SMILES string of the molecule is COc1cccc(OCC2CCCCN2)c1-c1cc(Nc2cnc(C#N)cn2)n[nH]1. The summed E-state index contributed by atoms with van der Waals surface area (Å²) in [4.78, 5) is 8.15. The largest absolute Gasteiger partial charge is 0.496 e. The van der Waals surface area contributed by atoms with Crippen molar-refractivity contribution >= 4 is 11.6 Å². The number of aromatic amines is 1. The first-order valence-corrected chi connectivity index (χ1v) is 9.85. The van der Waals surface area contributed by atoms with Gasteiger partial charge in [-0.3, -0.25) is 5.10 Å². The highest BCUT2D eigenvalue weighted by molar-refractivity contribution is 5.76. The molecule has 2 aromatic heterocycles. The fraction of sp³-hybridized carbons (Fsp3) is 0.333. The van der Waals surface area contributed by atoms with Crippen molar-refractivity contribution in [2.24, 2.45) is 0 Å². The number of piperidine rings is 1. The monoisotopic (exact) mass is 405 g/mol. The zero-order chi connectivity index (χ0) is 20.8. The first-order chi connectivity index (χ1) is 14.8. The molecule has 1 saturated heterocycles. The minimum absolute atomic E-state index is 0.256. The third kappa shape index (κ3) is 4.50. The van der Waals surface area contributed by atoms with E-state index in [1.54, 1.807) is 7.11 Å². The van der Waals surface area contributed by atoms with Crippen molar-refractivity contribution in [3.05, 3.63) is 42.4 Å². The van der Waals surface area contributed by atoms with Crippen LogP contribution in [-0.4, -0.2) is 46.5 Å². The number of nitrogens with zero attached hydrogens (tertiary/aromatic N) is 4. The van der Waals surface area contributed by atoms with E-state index in [-0.39, 0.29) is 5.69 Å². The number of nitriles is 1. The summed E-state index contributed by atoms with van der Waals surface area (Å²) in [5.41, 5.74) is 1.82. The molecule has 1 atom stereocenters. The molecule has 154 valence electrons. The average molecular weight is 405 g/mol. The Morgan fingerprint density at radius 1 is 1.20 bits per heavy atom. The van der Waals surface area contributed by atoms with Crippen molar-refractivity contribution in [2.45, 2.75) is 25.3 Å². The molecule has 3 heterocycles. The number of benzene rings is 1. The topological polar surface area (TPSA) is 121 Å². The molecule has 1 fully saturated rings. The van der Waals surface area contributed by atoms with Crippen LogP contribution in [0.25, 0.3) is 11.3 Å². The van der Waals surface area contributed by atoms with Crippen LogP contribution >= 0.6 is 0 Å². The van der Waals surface area contributed by atoms with Gasteiger partial charge in [-0.25, -0.2) is 9.97 Å². The number of anilines is 2. The Kier molecular flexibility index (Phi) is 6.06. The Balaban J connectivity index is 1.54. The molecule has 1 aromatic carbocycles. The molecule has 0 radical (unpaired) electrons. The van der Waals surface area contributed by atoms with Crippen LogP contribution in [0.5, 0.6) is 11.5 Å². The number of methoxy groups -OCH3 is 1. The van der Waals surface area contributed by atoms with Gasteiger partial charge in [-0.1, -0.05) is 12.5 Å². The smallest absolute Gasteiger partial charge is 0.158 e. The van der Waals surface area contributed by atoms with Crippen LogP contribution in [0, 0.1) is 11.3 Å². The molecule has 4 rings (SSSR count). The molecule has 0 bridgehead atoms. The minimum atomic E-state index is 0.256. The van der Waals surface area contributed by atoms with E-state index >= 15 is 0 Å². The standard InChI is InChI=1S/C21H23N7O2/c1-29-17-6-4-7-18(30-13-14-5-2-3-8-23-14)21(17)16-9-19(28-27-16)26-20-12-24-15(10-22)11-25-20/h4,6-7,9,11-12,14,23H,2-3,5,8,13H2,1H3,(H2,25,26,27,28). The number of hydrogen-bond donors (Lipinski definition) is 3. The first kappa shape index (κ1) is 19.7. The van der Waals surface area contributed by atoms with Gasteiger partial charge < -0.3 is 20.1 Å². The van der Waals surface area contributed by atoms with Crippen LogP contribution in [-0.2, 0) is 0 Å². The van der Waals surface area contributed by atoms with E-state index < -0.39 is 0 Å². The fourth-order valence-electron chi connectivity index (χ4n) is 3.42. The normalized spacial score (nSPS) is 15.9. The second-order valence-corrected chi connectivity index (χ2v) is 6.98. The average Bonchev–Trinajstić information content (AvgIpc) is 3.26. The zero-order valence-corrected chi connectivity index (χ0v) is 16.7. The van der Waals surface area contributed by atoms with E-state index in [1.807, 2.05) is 30.3 Å². The molecule has 3 aromatic rings. The van der Waals surface area contributed by atoms with E-state index in [0.717, 1.165) is 30.0 Å². The van der Waals surface area contributed by atoms with Gasteiger partial charge in [0.1, 0.15) is 30.0 Å². The Bertz CT molecular complexity index is 1020. The van der Waals surface area contributed by atoms with Crippen molar-refractivity contribution in [3.63, 3.8) is 0 Å². The van der Waals surface area contributed by atoms with Crippen molar-refractivity contribution in [2.75, 3.05) is 25.6 Å². The van der Waals surface area contributed by atoms with Crippen LogP contribution in [0.2, 0.25) is 0 Å². The fourth-order valence-corrected chi connectivity index (χ4v) is 3.42. The molecule has 9 nitrogen and oxygen atoms in total. The van der Waals surface area contributed by atoms with Crippen LogP contribution in [0.4, 0.5) is 11.6 Å². The molecule has 1 aliphatic rings. The van der Waals surface area contributed by atoms with E-state index in [1.165, 1.54) is 25.2 Å². The van der Waals surface area contributed by atoms with Gasteiger partial charge in [-0.05, 0) is 31.5 Å². The molecule has 1 unspecified atom stereocenters. The molecule has 3 N–H and O–H groups in total. The summed E-state index contributed by atoms with van der Waals surface area (Å²) >= 11 is 0. The highest BCUT2D eigenvalue weighted by Gasteiger charge is 2.18. The number of H-pyrrole nitrogens is 1. The maximum atomic E-state index is 8.83. The minimum Gasteiger partial charge on any atom is -0.496 e. The van der Waals surface area contributed by atoms with Crippen LogP contribution < -0.4 is 20.1 Å². The summed E-state index contributed by atoms with van der Waals surface area (Å²) in [6.45, 7) is 1.63. The van der Waals surface area contributed by atoms with Crippen molar-refractivity contribution in [1.29, 1.82) is 5.26 Å². The molecule has 9 heteroatoms. The lowest BCUT2D eigenvalue weighted by Crippen LogP contribution is -2.38. The second-order valence-electron chi connectivity index (χ2n) is 6.98. The zero-order valence-electron chi connectivity index (χ0n) is 16.7. The van der Waals surface area contributed by atoms with E-state index in [4.69, 9.17) is 14.7 Å². The molecule has 0 spiro atoms. The molecule has 0 aliphatic carbocycles. The summed E-state index contributed by atoms with van der Waals surface area (Å²) in [6, 6.07) is 9.88. The summed E-state index contributed by atoms with van der Waals surface area (Å²) in [5.74, 6) is 2.48. The molecule has 1 aliphatic heterocycles. The molecule has 30 heavy (non-hydrogen) atoms. The summed E-state index contributed by atoms with van der Waals surface area (Å²) < 4.78 is 11.7. The number of rotatable bonds is 7. The van der Waals surface area contributed by atoms with Gasteiger partial charge in [0.15, 0.2) is 11.5 Å². The lowest BCUT2D eigenvalue weighted by molar-refractivity contribution is 0.239. The van der Waals surface area contributed by atoms with E-state index in [0.29, 0.717) is 30.0 Å². The number of nitrogens with one attached hydrogen (secondary N) is 3. The van der Waals surface area contributed by atoms with Crippen LogP contribution in [0.3, 0.4) is 0 Å². The van der Waals surface area contributed by atoms with Crippen LogP contribution in [0.15, 0.2) is 36.7 Å². The summed E-state index contributed by atoms with van der Waals surface area (Å²) in [7, 11) is 1.63. The van der Waals surface area contributed by atoms with Crippen LogP contribution in [0.1, 0.15) is 25.0 Å². The number of aromatic nitrogens is 4. The molecular weight excluding hydrogens is 382 g/mol. The Morgan fingerprint density at radius 3 is 2.83 bits per heavy atom.